The Bertz CT molecular complexity index is 528. The number of nitrogens with zero attached hydrogens (tertiary/aromatic N) is 3. The van der Waals surface area contributed by atoms with Crippen molar-refractivity contribution in [3.05, 3.63) is 35.4 Å². The van der Waals surface area contributed by atoms with Crippen LogP contribution in [0.25, 0.3) is 0 Å². The Balaban J connectivity index is 1.97. The van der Waals surface area contributed by atoms with Gasteiger partial charge in [0.15, 0.2) is 0 Å². The van der Waals surface area contributed by atoms with E-state index in [4.69, 9.17) is 0 Å². The Hall–Kier alpha value is -0.880. The summed E-state index contributed by atoms with van der Waals surface area (Å²) < 4.78 is 16.1. The Morgan fingerprint density at radius 1 is 1.13 bits per heavy atom. The van der Waals surface area contributed by atoms with Gasteiger partial charge in [-0.25, -0.2) is 0 Å². The van der Waals surface area contributed by atoms with E-state index in [0.717, 1.165) is 44.0 Å². The molecular weight excluding hydrogens is 306 g/mol. The topological polar surface area (TPSA) is 41.9 Å². The van der Waals surface area contributed by atoms with Crippen LogP contribution < -0.4 is 0 Å². The quantitative estimate of drug-likeness (QED) is 0.627. The summed E-state index contributed by atoms with van der Waals surface area (Å²) in [6.45, 7) is 13.3. The number of rotatable bonds is 4. The number of benzene rings is 1. The van der Waals surface area contributed by atoms with Crippen molar-refractivity contribution in [1.29, 1.82) is 0 Å². The Morgan fingerprint density at radius 3 is 2.22 bits per heavy atom. The number of piperazine rings is 1. The summed E-state index contributed by atoms with van der Waals surface area (Å²) in [4.78, 5) is 4.86. The lowest BCUT2D eigenvalue weighted by atomic mass is 10.1. The van der Waals surface area contributed by atoms with E-state index < -0.39 is 11.4 Å². The van der Waals surface area contributed by atoms with Crippen LogP contribution in [0.3, 0.4) is 0 Å². The SMILES string of the molecule is CC(=N[S+]([O-])C(C)(C)C)c1ccc(CN2CCN(C)CC2)cc1. The van der Waals surface area contributed by atoms with Crippen LogP contribution in [0, 0.1) is 0 Å². The highest BCUT2D eigenvalue weighted by Crippen LogP contribution is 2.18. The minimum atomic E-state index is -1.21. The van der Waals surface area contributed by atoms with Crippen molar-refractivity contribution in [2.45, 2.75) is 39.0 Å². The molecule has 0 aromatic heterocycles. The fraction of sp³-hybridized carbons (Fsp3) is 0.611. The van der Waals surface area contributed by atoms with Crippen LogP contribution >= 0.6 is 0 Å². The van der Waals surface area contributed by atoms with Crippen LogP contribution in [-0.4, -0.2) is 58.0 Å². The van der Waals surface area contributed by atoms with Gasteiger partial charge in [-0.2, -0.15) is 0 Å². The number of hydrogen-bond acceptors (Lipinski definition) is 4. The van der Waals surface area contributed by atoms with Crippen molar-refractivity contribution >= 4 is 17.1 Å². The van der Waals surface area contributed by atoms with Crippen LogP contribution in [0.1, 0.15) is 38.8 Å². The summed E-state index contributed by atoms with van der Waals surface area (Å²) >= 11 is -1.21. The van der Waals surface area contributed by atoms with Crippen LogP contribution in [-0.2, 0) is 17.9 Å². The summed E-state index contributed by atoms with van der Waals surface area (Å²) in [5.74, 6) is 0. The van der Waals surface area contributed by atoms with E-state index in [9.17, 15) is 4.55 Å². The van der Waals surface area contributed by atoms with E-state index in [1.165, 1.54) is 5.56 Å². The molecule has 0 aliphatic carbocycles. The Morgan fingerprint density at radius 2 is 1.70 bits per heavy atom. The highest BCUT2D eigenvalue weighted by molar-refractivity contribution is 7.91. The zero-order valence-electron chi connectivity index (χ0n) is 15.0. The van der Waals surface area contributed by atoms with E-state index in [1.807, 2.05) is 27.7 Å². The molecule has 1 heterocycles. The maximum Gasteiger partial charge on any atom is 0.144 e. The molecule has 0 bridgehead atoms. The first-order chi connectivity index (χ1) is 10.8. The van der Waals surface area contributed by atoms with E-state index >= 15 is 0 Å². The summed E-state index contributed by atoms with van der Waals surface area (Å²) in [5, 5.41) is 0. The summed E-state index contributed by atoms with van der Waals surface area (Å²) in [7, 11) is 2.18. The lowest BCUT2D eigenvalue weighted by molar-refractivity contribution is 0.148. The van der Waals surface area contributed by atoms with Gasteiger partial charge in [0.05, 0.1) is 5.71 Å². The third-order valence-corrected chi connectivity index (χ3v) is 5.60. The first-order valence-electron chi connectivity index (χ1n) is 8.23. The molecule has 23 heavy (non-hydrogen) atoms. The molecule has 0 N–H and O–H groups in total. The van der Waals surface area contributed by atoms with Crippen molar-refractivity contribution in [3.8, 4) is 0 Å². The summed E-state index contributed by atoms with van der Waals surface area (Å²) in [5.41, 5.74) is 3.21. The summed E-state index contributed by atoms with van der Waals surface area (Å²) in [6, 6.07) is 8.49. The van der Waals surface area contributed by atoms with Gasteiger partial charge in [0.25, 0.3) is 0 Å². The average molecular weight is 336 g/mol. The van der Waals surface area contributed by atoms with Crippen molar-refractivity contribution in [1.82, 2.24) is 9.80 Å². The maximum absolute atomic E-state index is 12.1. The van der Waals surface area contributed by atoms with Gasteiger partial charge >= 0.3 is 0 Å². The minimum Gasteiger partial charge on any atom is -0.591 e. The largest absolute Gasteiger partial charge is 0.591 e. The fourth-order valence-electron chi connectivity index (χ4n) is 2.43. The molecule has 1 atom stereocenters. The van der Waals surface area contributed by atoms with Gasteiger partial charge in [0.2, 0.25) is 0 Å². The van der Waals surface area contributed by atoms with Crippen molar-refractivity contribution in [2.24, 2.45) is 4.40 Å². The molecule has 5 heteroatoms. The normalized spacial score (nSPS) is 19.8. The summed E-state index contributed by atoms with van der Waals surface area (Å²) in [6.07, 6.45) is 0. The molecule has 0 radical (unpaired) electrons. The van der Waals surface area contributed by atoms with Crippen LogP contribution in [0.4, 0.5) is 0 Å². The third-order valence-electron chi connectivity index (χ3n) is 4.12. The van der Waals surface area contributed by atoms with Gasteiger partial charge in [0.1, 0.15) is 16.1 Å². The lowest BCUT2D eigenvalue weighted by Crippen LogP contribution is -2.43. The van der Waals surface area contributed by atoms with E-state index in [1.54, 1.807) is 0 Å². The molecule has 0 saturated carbocycles. The molecule has 1 fully saturated rings. The van der Waals surface area contributed by atoms with Crippen molar-refractivity contribution in [3.63, 3.8) is 0 Å². The number of likely N-dealkylation sites (N-methyl/N-ethyl adjacent to an activating group) is 1. The smallest absolute Gasteiger partial charge is 0.144 e. The van der Waals surface area contributed by atoms with Crippen molar-refractivity contribution < 1.29 is 4.55 Å². The van der Waals surface area contributed by atoms with Gasteiger partial charge in [-0.1, -0.05) is 28.7 Å². The maximum atomic E-state index is 12.1. The highest BCUT2D eigenvalue weighted by atomic mass is 32.2. The van der Waals surface area contributed by atoms with Gasteiger partial charge in [0, 0.05) is 38.3 Å². The average Bonchev–Trinajstić information content (AvgIpc) is 2.49. The second-order valence-electron chi connectivity index (χ2n) is 7.31. The molecule has 1 aliphatic heterocycles. The molecule has 1 aromatic rings. The fourth-order valence-corrected chi connectivity index (χ4v) is 3.06. The predicted molar refractivity (Wildman–Crippen MR) is 99.3 cm³/mol. The molecule has 0 spiro atoms. The van der Waals surface area contributed by atoms with Gasteiger partial charge in [-0.05, 0) is 40.3 Å². The Kier molecular flexibility index (Phi) is 6.26. The van der Waals surface area contributed by atoms with E-state index in [0.29, 0.717) is 0 Å². The number of hydrogen-bond donors (Lipinski definition) is 0. The zero-order chi connectivity index (χ0) is 17.0. The molecule has 0 amide bonds. The minimum absolute atomic E-state index is 0.317. The zero-order valence-corrected chi connectivity index (χ0v) is 15.8. The lowest BCUT2D eigenvalue weighted by Gasteiger charge is -2.32. The molecule has 128 valence electrons. The van der Waals surface area contributed by atoms with E-state index in [2.05, 4.69) is 45.5 Å². The van der Waals surface area contributed by atoms with Crippen LogP contribution in [0.2, 0.25) is 0 Å². The van der Waals surface area contributed by atoms with Gasteiger partial charge in [-0.15, -0.1) is 0 Å². The van der Waals surface area contributed by atoms with Gasteiger partial charge < -0.3 is 9.45 Å². The Labute approximate surface area is 143 Å². The third kappa shape index (κ3) is 5.60. The van der Waals surface area contributed by atoms with Crippen LogP contribution in [0.15, 0.2) is 28.7 Å². The first kappa shape index (κ1) is 18.5. The highest BCUT2D eigenvalue weighted by Gasteiger charge is 2.26. The van der Waals surface area contributed by atoms with Crippen LogP contribution in [0.5, 0.6) is 0 Å². The second-order valence-corrected chi connectivity index (χ2v) is 9.22. The van der Waals surface area contributed by atoms with E-state index in [-0.39, 0.29) is 4.75 Å². The molecule has 2 rings (SSSR count). The standard InChI is InChI=1S/C18H29N3OS/c1-15(19-23(22)18(2,3)4)17-8-6-16(7-9-17)14-21-12-10-20(5)11-13-21/h6-9H,10-14H2,1-5H3. The predicted octanol–water partition coefficient (Wildman–Crippen LogP) is 2.71. The molecule has 4 nitrogen and oxygen atoms in total. The molecule has 1 aliphatic rings. The van der Waals surface area contributed by atoms with Gasteiger partial charge in [-0.3, -0.25) is 4.90 Å². The molecule has 1 aromatic carbocycles. The molecular formula is C18H29N3OS. The first-order valence-corrected chi connectivity index (χ1v) is 9.34. The second kappa shape index (κ2) is 7.79. The monoisotopic (exact) mass is 335 g/mol. The molecule has 1 saturated heterocycles. The molecule has 1 unspecified atom stereocenters. The van der Waals surface area contributed by atoms with Crippen molar-refractivity contribution in [2.75, 3.05) is 33.2 Å².